The molecule has 1 N–H and O–H groups in total. The summed E-state index contributed by atoms with van der Waals surface area (Å²) in [6.07, 6.45) is 4.14. The predicted molar refractivity (Wildman–Crippen MR) is 75.9 cm³/mol. The lowest BCUT2D eigenvalue weighted by molar-refractivity contribution is 0.318. The van der Waals surface area contributed by atoms with E-state index < -0.39 is 0 Å². The number of amidine groups is 1. The summed E-state index contributed by atoms with van der Waals surface area (Å²) in [6.45, 7) is 7.96. The zero-order valence-corrected chi connectivity index (χ0v) is 12.1. The van der Waals surface area contributed by atoms with Crippen LogP contribution in [0.5, 0.6) is 0 Å². The van der Waals surface area contributed by atoms with Crippen molar-refractivity contribution in [2.45, 2.75) is 40.2 Å². The second kappa shape index (κ2) is 5.78. The Kier molecular flexibility index (Phi) is 4.32. The molecule has 2 heterocycles. The first-order valence-corrected chi connectivity index (χ1v) is 7.48. The number of hydrogen-bond donors (Lipinski definition) is 1. The molecule has 0 aliphatic carbocycles. The zero-order valence-electron chi connectivity index (χ0n) is 11.3. The summed E-state index contributed by atoms with van der Waals surface area (Å²) in [6, 6.07) is 0. The van der Waals surface area contributed by atoms with Crippen molar-refractivity contribution in [2.75, 3.05) is 12.3 Å². The van der Waals surface area contributed by atoms with Crippen LogP contribution in [0.4, 0.5) is 0 Å². The van der Waals surface area contributed by atoms with Crippen LogP contribution < -0.4 is 5.32 Å². The Labute approximate surface area is 113 Å². The fraction of sp³-hybridized carbons (Fsp3) is 0.692. The molecule has 0 amide bonds. The summed E-state index contributed by atoms with van der Waals surface area (Å²) in [5.74, 6) is 2.72. The summed E-state index contributed by atoms with van der Waals surface area (Å²) in [4.78, 5) is 8.81. The predicted octanol–water partition coefficient (Wildman–Crippen LogP) is 2.98. The summed E-state index contributed by atoms with van der Waals surface area (Å²) in [5.41, 5.74) is 0.398. The number of aliphatic imine (C=N–C) groups is 1. The molecule has 0 spiro atoms. The first-order valence-electron chi connectivity index (χ1n) is 6.50. The average molecular weight is 267 g/mol. The largest absolute Gasteiger partial charge is 0.444 e. The van der Waals surface area contributed by atoms with Gasteiger partial charge in [-0.3, -0.25) is 4.99 Å². The smallest absolute Gasteiger partial charge is 0.213 e. The van der Waals surface area contributed by atoms with Crippen molar-refractivity contribution in [3.05, 3.63) is 17.8 Å². The van der Waals surface area contributed by atoms with Crippen LogP contribution in [0.2, 0.25) is 0 Å². The van der Waals surface area contributed by atoms with Crippen molar-refractivity contribution in [3.63, 3.8) is 0 Å². The number of oxazole rings is 1. The summed E-state index contributed by atoms with van der Waals surface area (Å²) in [7, 11) is 0. The molecule has 0 radical (unpaired) electrons. The number of aryl methyl sites for hydroxylation is 1. The van der Waals surface area contributed by atoms with Crippen LogP contribution in [0.15, 0.2) is 15.6 Å². The Balaban J connectivity index is 1.87. The van der Waals surface area contributed by atoms with Crippen molar-refractivity contribution in [1.29, 1.82) is 0 Å². The van der Waals surface area contributed by atoms with Gasteiger partial charge < -0.3 is 9.73 Å². The second-order valence-electron chi connectivity index (χ2n) is 4.84. The molecule has 4 nitrogen and oxygen atoms in total. The monoisotopic (exact) mass is 267 g/mol. The van der Waals surface area contributed by atoms with Crippen LogP contribution >= 0.6 is 11.8 Å². The van der Waals surface area contributed by atoms with Gasteiger partial charge in [-0.2, -0.15) is 0 Å². The van der Waals surface area contributed by atoms with Gasteiger partial charge in [0.1, 0.15) is 5.76 Å². The van der Waals surface area contributed by atoms with Crippen LogP contribution in [0.1, 0.15) is 38.3 Å². The third-order valence-corrected chi connectivity index (χ3v) is 4.94. The third-order valence-electron chi connectivity index (χ3n) is 3.63. The Morgan fingerprint density at radius 3 is 2.72 bits per heavy atom. The van der Waals surface area contributed by atoms with Gasteiger partial charge in [-0.05, 0) is 25.2 Å². The van der Waals surface area contributed by atoms with E-state index in [9.17, 15) is 0 Å². The van der Waals surface area contributed by atoms with E-state index in [1.54, 1.807) is 6.20 Å². The summed E-state index contributed by atoms with van der Waals surface area (Å²) in [5, 5.41) is 4.31. The van der Waals surface area contributed by atoms with E-state index in [2.05, 4.69) is 29.1 Å². The molecule has 0 bridgehead atoms. The Bertz CT molecular complexity index is 424. The Morgan fingerprint density at radius 1 is 1.44 bits per heavy atom. The normalized spacial score (nSPS) is 18.5. The first-order chi connectivity index (χ1) is 8.67. The van der Waals surface area contributed by atoms with E-state index in [-0.39, 0.29) is 0 Å². The van der Waals surface area contributed by atoms with E-state index in [1.165, 1.54) is 12.8 Å². The number of rotatable bonds is 4. The molecule has 2 rings (SSSR count). The number of nitrogens with one attached hydrogen (secondary N) is 1. The van der Waals surface area contributed by atoms with E-state index in [1.807, 2.05) is 18.7 Å². The molecule has 0 atom stereocenters. The van der Waals surface area contributed by atoms with Gasteiger partial charge in [-0.15, -0.1) is 0 Å². The van der Waals surface area contributed by atoms with E-state index >= 15 is 0 Å². The molecule has 1 aliphatic heterocycles. The zero-order chi connectivity index (χ0) is 13.0. The highest BCUT2D eigenvalue weighted by molar-refractivity contribution is 8.13. The van der Waals surface area contributed by atoms with Crippen LogP contribution in [-0.2, 0) is 6.54 Å². The van der Waals surface area contributed by atoms with Crippen molar-refractivity contribution < 1.29 is 4.42 Å². The Hall–Kier alpha value is -0.970. The lowest BCUT2D eigenvalue weighted by atomic mass is 9.84. The maximum atomic E-state index is 5.42. The van der Waals surface area contributed by atoms with Crippen molar-refractivity contribution >= 4 is 16.9 Å². The minimum absolute atomic E-state index is 0.398. The molecule has 1 aromatic rings. The van der Waals surface area contributed by atoms with Crippen LogP contribution in [0, 0.1) is 12.3 Å². The molecule has 5 heteroatoms. The minimum Gasteiger partial charge on any atom is -0.444 e. The molecular formula is C13H21N3OS. The lowest BCUT2D eigenvalue weighted by Crippen LogP contribution is -2.34. The van der Waals surface area contributed by atoms with Gasteiger partial charge in [0.2, 0.25) is 5.89 Å². The lowest BCUT2D eigenvalue weighted by Gasteiger charge is -2.33. The first kappa shape index (κ1) is 13.5. The average Bonchev–Trinajstić information content (AvgIpc) is 2.83. The molecular weight excluding hydrogens is 246 g/mol. The van der Waals surface area contributed by atoms with Gasteiger partial charge in [0, 0.05) is 12.3 Å². The van der Waals surface area contributed by atoms with Crippen molar-refractivity contribution in [3.8, 4) is 0 Å². The van der Waals surface area contributed by atoms with Gasteiger partial charge in [0.25, 0.3) is 0 Å². The second-order valence-corrected chi connectivity index (χ2v) is 5.80. The molecule has 0 aromatic carbocycles. The highest BCUT2D eigenvalue weighted by Gasteiger charge is 2.30. The molecule has 100 valence electrons. The van der Waals surface area contributed by atoms with Gasteiger partial charge in [0.05, 0.1) is 12.7 Å². The van der Waals surface area contributed by atoms with Gasteiger partial charge in [-0.25, -0.2) is 4.98 Å². The van der Waals surface area contributed by atoms with Gasteiger partial charge >= 0.3 is 0 Å². The quantitative estimate of drug-likeness (QED) is 0.911. The molecule has 1 aliphatic rings. The maximum Gasteiger partial charge on any atom is 0.213 e. The fourth-order valence-corrected chi connectivity index (χ4v) is 3.24. The van der Waals surface area contributed by atoms with Crippen molar-refractivity contribution in [2.24, 2.45) is 10.4 Å². The molecule has 1 aromatic heterocycles. The summed E-state index contributed by atoms with van der Waals surface area (Å²) < 4.78 is 5.42. The van der Waals surface area contributed by atoms with Gasteiger partial charge in [-0.1, -0.05) is 25.6 Å². The number of nitrogens with zero attached hydrogens (tertiary/aromatic N) is 2. The molecule has 0 fully saturated rings. The standard InChI is InChI=1S/C13H21N3OS/c1-4-13(5-2)8-16-12(18-9-13)15-7-11-14-6-10(3)17-11/h6H,4-5,7-9H2,1-3H3,(H,15,16). The molecule has 0 saturated carbocycles. The van der Waals surface area contributed by atoms with Crippen LogP contribution in [-0.4, -0.2) is 22.4 Å². The highest BCUT2D eigenvalue weighted by atomic mass is 32.2. The van der Waals surface area contributed by atoms with E-state index in [0.29, 0.717) is 12.0 Å². The van der Waals surface area contributed by atoms with Crippen LogP contribution in [0.3, 0.4) is 0 Å². The molecule has 18 heavy (non-hydrogen) atoms. The van der Waals surface area contributed by atoms with E-state index in [4.69, 9.17) is 4.42 Å². The van der Waals surface area contributed by atoms with E-state index in [0.717, 1.165) is 29.1 Å². The fourth-order valence-electron chi connectivity index (χ4n) is 1.97. The van der Waals surface area contributed by atoms with Gasteiger partial charge in [0.15, 0.2) is 5.17 Å². The number of aromatic nitrogens is 1. The third kappa shape index (κ3) is 3.07. The SMILES string of the molecule is CCC1(CC)CN=C(NCc2ncc(C)o2)SC1. The summed E-state index contributed by atoms with van der Waals surface area (Å²) >= 11 is 1.81. The maximum absolute atomic E-state index is 5.42. The van der Waals surface area contributed by atoms with Crippen molar-refractivity contribution in [1.82, 2.24) is 10.3 Å². The topological polar surface area (TPSA) is 50.4 Å². The van der Waals surface area contributed by atoms with Crippen LogP contribution in [0.25, 0.3) is 0 Å². The molecule has 0 saturated heterocycles. The number of thioether (sulfide) groups is 1. The minimum atomic E-state index is 0.398. The Morgan fingerprint density at radius 2 is 2.22 bits per heavy atom. The number of hydrogen-bond acceptors (Lipinski definition) is 5. The highest BCUT2D eigenvalue weighted by Crippen LogP contribution is 2.34. The molecule has 0 unspecified atom stereocenters.